The molecule has 0 aliphatic rings. The molecular weight excluding hydrogens is 244 g/mol. The third kappa shape index (κ3) is 3.57. The lowest BCUT2D eigenvalue weighted by atomic mass is 10.0. The van der Waals surface area contributed by atoms with Crippen molar-refractivity contribution in [3.05, 3.63) is 33.3 Å². The average molecular weight is 259 g/mol. The number of halogens is 1. The van der Waals surface area contributed by atoms with Gasteiger partial charge in [0.1, 0.15) is 5.02 Å². The molecule has 1 atom stereocenters. The van der Waals surface area contributed by atoms with Crippen molar-refractivity contribution in [3.8, 4) is 0 Å². The molecule has 0 saturated heterocycles. The molecule has 5 nitrogen and oxygen atoms in total. The van der Waals surface area contributed by atoms with E-state index in [2.05, 4.69) is 5.32 Å². The summed E-state index contributed by atoms with van der Waals surface area (Å²) in [5, 5.41) is 23.4. The van der Waals surface area contributed by atoms with Crippen molar-refractivity contribution in [2.75, 3.05) is 5.32 Å². The van der Waals surface area contributed by atoms with Gasteiger partial charge in [-0.05, 0) is 32.9 Å². The van der Waals surface area contributed by atoms with Crippen molar-refractivity contribution in [1.82, 2.24) is 0 Å². The number of anilines is 1. The van der Waals surface area contributed by atoms with Crippen molar-refractivity contribution >= 4 is 23.0 Å². The van der Waals surface area contributed by atoms with Crippen molar-refractivity contribution in [2.24, 2.45) is 0 Å². The molecule has 0 aliphatic heterocycles. The van der Waals surface area contributed by atoms with Crippen LogP contribution in [0.2, 0.25) is 5.02 Å². The highest BCUT2D eigenvalue weighted by Gasteiger charge is 2.22. The highest BCUT2D eigenvalue weighted by Crippen LogP contribution is 2.28. The van der Waals surface area contributed by atoms with E-state index < -0.39 is 10.5 Å². The summed E-state index contributed by atoms with van der Waals surface area (Å²) in [7, 11) is 0. The van der Waals surface area contributed by atoms with E-state index in [1.165, 1.54) is 12.1 Å². The minimum atomic E-state index is -0.895. The maximum Gasteiger partial charge on any atom is 0.288 e. The molecule has 94 valence electrons. The molecule has 0 fully saturated rings. The number of nitro benzene ring substituents is 1. The minimum absolute atomic E-state index is 0.0722. The zero-order valence-electron chi connectivity index (χ0n) is 9.90. The first kappa shape index (κ1) is 13.7. The van der Waals surface area contributed by atoms with Crippen LogP contribution in [0.25, 0.3) is 0 Å². The van der Waals surface area contributed by atoms with Crippen molar-refractivity contribution in [1.29, 1.82) is 0 Å². The van der Waals surface area contributed by atoms with Gasteiger partial charge >= 0.3 is 0 Å². The molecular formula is C11H15ClN2O3. The molecule has 0 saturated carbocycles. The summed E-state index contributed by atoms with van der Waals surface area (Å²) < 4.78 is 0. The molecule has 1 unspecified atom stereocenters. The summed E-state index contributed by atoms with van der Waals surface area (Å²) in [5.74, 6) is 0. The van der Waals surface area contributed by atoms with Gasteiger partial charge in [-0.15, -0.1) is 0 Å². The summed E-state index contributed by atoms with van der Waals surface area (Å²) in [6, 6.07) is 4.16. The summed E-state index contributed by atoms with van der Waals surface area (Å²) in [6.07, 6.45) is 0. The van der Waals surface area contributed by atoms with E-state index in [4.69, 9.17) is 11.6 Å². The van der Waals surface area contributed by atoms with E-state index in [-0.39, 0.29) is 16.8 Å². The summed E-state index contributed by atoms with van der Waals surface area (Å²) in [5.41, 5.74) is -0.391. The highest BCUT2D eigenvalue weighted by atomic mass is 35.5. The van der Waals surface area contributed by atoms with E-state index in [1.54, 1.807) is 19.9 Å². The molecule has 1 rings (SSSR count). The minimum Gasteiger partial charge on any atom is -0.388 e. The number of hydrogen-bond donors (Lipinski definition) is 2. The van der Waals surface area contributed by atoms with Gasteiger partial charge in [-0.1, -0.05) is 11.6 Å². The van der Waals surface area contributed by atoms with Crippen LogP contribution in [0.15, 0.2) is 18.2 Å². The molecule has 0 bridgehead atoms. The molecule has 2 N–H and O–H groups in total. The normalized spacial score (nSPS) is 13.2. The van der Waals surface area contributed by atoms with Crippen LogP contribution in [-0.4, -0.2) is 21.7 Å². The van der Waals surface area contributed by atoms with E-state index in [0.717, 1.165) is 0 Å². The van der Waals surface area contributed by atoms with E-state index >= 15 is 0 Å². The lowest BCUT2D eigenvalue weighted by Gasteiger charge is -2.27. The van der Waals surface area contributed by atoms with Crippen LogP contribution in [0.4, 0.5) is 11.4 Å². The van der Waals surface area contributed by atoms with Gasteiger partial charge in [0.15, 0.2) is 0 Å². The van der Waals surface area contributed by atoms with E-state index in [1.807, 2.05) is 6.92 Å². The van der Waals surface area contributed by atoms with Gasteiger partial charge in [-0.2, -0.15) is 0 Å². The average Bonchev–Trinajstić information content (AvgIpc) is 2.15. The Morgan fingerprint density at radius 2 is 2.12 bits per heavy atom. The Morgan fingerprint density at radius 3 is 2.53 bits per heavy atom. The molecule has 6 heteroatoms. The van der Waals surface area contributed by atoms with Gasteiger partial charge in [0.05, 0.1) is 16.6 Å². The van der Waals surface area contributed by atoms with Gasteiger partial charge in [-0.3, -0.25) is 10.1 Å². The smallest absolute Gasteiger partial charge is 0.288 e. The Labute approximate surface area is 105 Å². The first-order chi connectivity index (χ1) is 7.71. The molecule has 0 heterocycles. The van der Waals surface area contributed by atoms with Crippen molar-refractivity contribution in [3.63, 3.8) is 0 Å². The second kappa shape index (κ2) is 4.89. The van der Waals surface area contributed by atoms with Gasteiger partial charge < -0.3 is 10.4 Å². The molecule has 0 aliphatic carbocycles. The van der Waals surface area contributed by atoms with E-state index in [9.17, 15) is 15.2 Å². The molecule has 0 spiro atoms. The third-order valence-electron chi connectivity index (χ3n) is 2.59. The van der Waals surface area contributed by atoms with Crippen LogP contribution in [0.5, 0.6) is 0 Å². The number of hydrogen-bond acceptors (Lipinski definition) is 4. The zero-order chi connectivity index (χ0) is 13.2. The third-order valence-corrected chi connectivity index (χ3v) is 2.89. The molecule has 0 radical (unpaired) electrons. The van der Waals surface area contributed by atoms with Crippen LogP contribution in [0, 0.1) is 10.1 Å². The molecule has 0 amide bonds. The standard InChI is InChI=1S/C11H15ClN2O3/c1-7(11(2,3)15)13-8-4-5-10(14(16)17)9(12)6-8/h4-7,13,15H,1-3H3. The Bertz CT molecular complexity index is 429. The fourth-order valence-electron chi connectivity index (χ4n) is 1.17. The number of rotatable bonds is 4. The second-order valence-corrected chi connectivity index (χ2v) is 4.85. The fraction of sp³-hybridized carbons (Fsp3) is 0.455. The Hall–Kier alpha value is -1.33. The van der Waals surface area contributed by atoms with Crippen LogP contribution < -0.4 is 5.32 Å². The first-order valence-electron chi connectivity index (χ1n) is 5.14. The monoisotopic (exact) mass is 258 g/mol. The lowest BCUT2D eigenvalue weighted by Crippen LogP contribution is -2.39. The van der Waals surface area contributed by atoms with Crippen LogP contribution in [0.1, 0.15) is 20.8 Å². The number of nitro groups is 1. The van der Waals surface area contributed by atoms with Crippen LogP contribution >= 0.6 is 11.6 Å². The van der Waals surface area contributed by atoms with Crippen LogP contribution in [0.3, 0.4) is 0 Å². The summed E-state index contributed by atoms with van der Waals surface area (Å²) >= 11 is 5.78. The number of nitrogens with zero attached hydrogens (tertiary/aromatic N) is 1. The predicted octanol–water partition coefficient (Wildman–Crippen LogP) is 2.82. The topological polar surface area (TPSA) is 75.4 Å². The summed E-state index contributed by atoms with van der Waals surface area (Å²) in [4.78, 5) is 10.0. The second-order valence-electron chi connectivity index (χ2n) is 4.44. The predicted molar refractivity (Wildman–Crippen MR) is 67.5 cm³/mol. The number of benzene rings is 1. The number of nitrogens with one attached hydrogen (secondary N) is 1. The van der Waals surface area contributed by atoms with Gasteiger partial charge in [-0.25, -0.2) is 0 Å². The Kier molecular flexibility index (Phi) is 3.95. The van der Waals surface area contributed by atoms with Gasteiger partial charge in [0, 0.05) is 11.8 Å². The SMILES string of the molecule is CC(Nc1ccc([N+](=O)[O-])c(Cl)c1)C(C)(C)O. The number of aliphatic hydroxyl groups is 1. The van der Waals surface area contributed by atoms with Gasteiger partial charge in [0.2, 0.25) is 0 Å². The first-order valence-corrected chi connectivity index (χ1v) is 5.52. The molecule has 17 heavy (non-hydrogen) atoms. The Morgan fingerprint density at radius 1 is 1.53 bits per heavy atom. The quantitative estimate of drug-likeness (QED) is 0.643. The summed E-state index contributed by atoms with van der Waals surface area (Å²) in [6.45, 7) is 5.17. The van der Waals surface area contributed by atoms with Gasteiger partial charge in [0.25, 0.3) is 5.69 Å². The van der Waals surface area contributed by atoms with Crippen molar-refractivity contribution in [2.45, 2.75) is 32.4 Å². The lowest BCUT2D eigenvalue weighted by molar-refractivity contribution is -0.384. The fourth-order valence-corrected chi connectivity index (χ4v) is 1.42. The van der Waals surface area contributed by atoms with E-state index in [0.29, 0.717) is 5.69 Å². The van der Waals surface area contributed by atoms with Crippen molar-refractivity contribution < 1.29 is 10.0 Å². The Balaban J connectivity index is 2.88. The zero-order valence-corrected chi connectivity index (χ0v) is 10.7. The molecule has 1 aromatic rings. The largest absolute Gasteiger partial charge is 0.388 e. The highest BCUT2D eigenvalue weighted by molar-refractivity contribution is 6.32. The molecule has 1 aromatic carbocycles. The van der Waals surface area contributed by atoms with Crippen LogP contribution in [-0.2, 0) is 0 Å². The maximum absolute atomic E-state index is 10.6. The maximum atomic E-state index is 10.6. The molecule has 0 aromatic heterocycles.